The highest BCUT2D eigenvalue weighted by Crippen LogP contribution is 2.26. The first-order valence-corrected chi connectivity index (χ1v) is 6.98. The SMILES string of the molecule is Nc1cccc2oc(NC3CCCSC3)nc12. The highest BCUT2D eigenvalue weighted by atomic mass is 32.2. The van der Waals surface area contributed by atoms with E-state index in [1.54, 1.807) is 0 Å². The van der Waals surface area contributed by atoms with Crippen LogP contribution in [0.25, 0.3) is 11.1 Å². The Bertz CT molecular complexity index is 519. The van der Waals surface area contributed by atoms with E-state index in [1.807, 2.05) is 30.0 Å². The van der Waals surface area contributed by atoms with Crippen LogP contribution >= 0.6 is 11.8 Å². The molecule has 5 heteroatoms. The average Bonchev–Trinajstić information content (AvgIpc) is 2.74. The minimum atomic E-state index is 0.461. The number of rotatable bonds is 2. The monoisotopic (exact) mass is 249 g/mol. The van der Waals surface area contributed by atoms with Gasteiger partial charge in [0.1, 0.15) is 5.52 Å². The van der Waals surface area contributed by atoms with Crippen LogP contribution in [0.2, 0.25) is 0 Å². The molecule has 2 aromatic rings. The molecule has 4 nitrogen and oxygen atoms in total. The number of nitrogens with one attached hydrogen (secondary N) is 1. The fraction of sp³-hybridized carbons (Fsp3) is 0.417. The Hall–Kier alpha value is -1.36. The van der Waals surface area contributed by atoms with Gasteiger partial charge in [-0.3, -0.25) is 0 Å². The first-order chi connectivity index (χ1) is 8.33. The molecule has 90 valence electrons. The van der Waals surface area contributed by atoms with Gasteiger partial charge in [-0.15, -0.1) is 0 Å². The van der Waals surface area contributed by atoms with Crippen LogP contribution in [0.4, 0.5) is 11.7 Å². The largest absolute Gasteiger partial charge is 0.423 e. The number of anilines is 2. The molecule has 0 radical (unpaired) electrons. The lowest BCUT2D eigenvalue weighted by Gasteiger charge is -2.21. The summed E-state index contributed by atoms with van der Waals surface area (Å²) in [6.45, 7) is 0. The van der Waals surface area contributed by atoms with Crippen LogP contribution in [0.1, 0.15) is 12.8 Å². The maximum atomic E-state index is 5.85. The Labute approximate surface area is 104 Å². The minimum absolute atomic E-state index is 0.461. The van der Waals surface area contributed by atoms with Gasteiger partial charge >= 0.3 is 0 Å². The third-order valence-corrected chi connectivity index (χ3v) is 4.15. The van der Waals surface area contributed by atoms with Crippen LogP contribution in [-0.2, 0) is 0 Å². The lowest BCUT2D eigenvalue weighted by Crippen LogP contribution is -2.25. The van der Waals surface area contributed by atoms with Gasteiger partial charge in [0.25, 0.3) is 6.01 Å². The number of hydrogen-bond donors (Lipinski definition) is 2. The van der Waals surface area contributed by atoms with Crippen LogP contribution in [0.3, 0.4) is 0 Å². The minimum Gasteiger partial charge on any atom is -0.423 e. The Balaban J connectivity index is 1.83. The van der Waals surface area contributed by atoms with Crippen molar-refractivity contribution in [1.29, 1.82) is 0 Å². The molecule has 0 bridgehead atoms. The summed E-state index contributed by atoms with van der Waals surface area (Å²) in [6.07, 6.45) is 2.44. The van der Waals surface area contributed by atoms with Crippen molar-refractivity contribution < 1.29 is 4.42 Å². The molecule has 1 aliphatic heterocycles. The first-order valence-electron chi connectivity index (χ1n) is 5.82. The summed E-state index contributed by atoms with van der Waals surface area (Å²) < 4.78 is 5.64. The highest BCUT2D eigenvalue weighted by Gasteiger charge is 2.16. The maximum absolute atomic E-state index is 5.85. The molecule has 1 fully saturated rings. The molecule has 1 aromatic heterocycles. The summed E-state index contributed by atoms with van der Waals surface area (Å²) in [5, 5.41) is 3.34. The third-order valence-electron chi connectivity index (χ3n) is 2.94. The predicted molar refractivity (Wildman–Crippen MR) is 72.4 cm³/mol. The van der Waals surface area contributed by atoms with E-state index in [9.17, 15) is 0 Å². The number of nitrogens with two attached hydrogens (primary N) is 1. The second-order valence-corrected chi connectivity index (χ2v) is 5.42. The Morgan fingerprint density at radius 1 is 1.47 bits per heavy atom. The van der Waals surface area contributed by atoms with Crippen molar-refractivity contribution in [3.63, 3.8) is 0 Å². The van der Waals surface area contributed by atoms with Crippen LogP contribution in [-0.4, -0.2) is 22.5 Å². The van der Waals surface area contributed by atoms with E-state index in [2.05, 4.69) is 10.3 Å². The van der Waals surface area contributed by atoms with Crippen molar-refractivity contribution >= 4 is 34.6 Å². The first kappa shape index (κ1) is 10.8. The van der Waals surface area contributed by atoms with Crippen molar-refractivity contribution in [3.8, 4) is 0 Å². The quantitative estimate of drug-likeness (QED) is 0.801. The molecule has 1 unspecified atom stereocenters. The van der Waals surface area contributed by atoms with Gasteiger partial charge in [0.05, 0.1) is 5.69 Å². The summed E-state index contributed by atoms with van der Waals surface area (Å²) in [5.74, 6) is 2.38. The summed E-state index contributed by atoms with van der Waals surface area (Å²) in [5.41, 5.74) is 8.01. The van der Waals surface area contributed by atoms with Crippen LogP contribution in [0.15, 0.2) is 22.6 Å². The summed E-state index contributed by atoms with van der Waals surface area (Å²) in [6, 6.07) is 6.65. The van der Waals surface area contributed by atoms with E-state index in [4.69, 9.17) is 10.2 Å². The third kappa shape index (κ3) is 2.20. The summed E-state index contributed by atoms with van der Waals surface area (Å²) >= 11 is 1.98. The smallest absolute Gasteiger partial charge is 0.296 e. The highest BCUT2D eigenvalue weighted by molar-refractivity contribution is 7.99. The normalized spacial score (nSPS) is 20.6. The van der Waals surface area contributed by atoms with E-state index < -0.39 is 0 Å². The van der Waals surface area contributed by atoms with Gasteiger partial charge in [0.15, 0.2) is 5.58 Å². The number of hydrogen-bond acceptors (Lipinski definition) is 5. The predicted octanol–water partition coefficient (Wildman–Crippen LogP) is 2.72. The molecule has 1 atom stereocenters. The fourth-order valence-electron chi connectivity index (χ4n) is 2.06. The Kier molecular flexibility index (Phi) is 2.84. The zero-order chi connectivity index (χ0) is 11.7. The number of nitrogens with zero attached hydrogens (tertiary/aromatic N) is 1. The average molecular weight is 249 g/mol. The number of nitrogen functional groups attached to an aromatic ring is 1. The van der Waals surface area contributed by atoms with E-state index in [-0.39, 0.29) is 0 Å². The molecular weight excluding hydrogens is 234 g/mol. The fourth-order valence-corrected chi connectivity index (χ4v) is 3.13. The van der Waals surface area contributed by atoms with E-state index in [0.717, 1.165) is 16.9 Å². The Morgan fingerprint density at radius 2 is 2.41 bits per heavy atom. The van der Waals surface area contributed by atoms with E-state index in [1.165, 1.54) is 18.6 Å². The molecule has 3 N–H and O–H groups in total. The molecule has 1 aromatic carbocycles. The van der Waals surface area contributed by atoms with Crippen LogP contribution in [0.5, 0.6) is 0 Å². The molecule has 0 amide bonds. The molecular formula is C12H15N3OS. The van der Waals surface area contributed by atoms with Crippen molar-refractivity contribution in [2.45, 2.75) is 18.9 Å². The topological polar surface area (TPSA) is 64.1 Å². The molecule has 17 heavy (non-hydrogen) atoms. The number of aromatic nitrogens is 1. The maximum Gasteiger partial charge on any atom is 0.296 e. The van der Waals surface area contributed by atoms with Gasteiger partial charge in [0.2, 0.25) is 0 Å². The van der Waals surface area contributed by atoms with Crippen LogP contribution < -0.4 is 11.1 Å². The Morgan fingerprint density at radius 3 is 3.18 bits per heavy atom. The lowest BCUT2D eigenvalue weighted by atomic mass is 10.2. The van der Waals surface area contributed by atoms with Gasteiger partial charge in [0, 0.05) is 11.8 Å². The van der Waals surface area contributed by atoms with Gasteiger partial charge in [-0.1, -0.05) is 6.07 Å². The van der Waals surface area contributed by atoms with Crippen molar-refractivity contribution in [3.05, 3.63) is 18.2 Å². The summed E-state index contributed by atoms with van der Waals surface area (Å²) in [4.78, 5) is 4.39. The number of oxazole rings is 1. The van der Waals surface area contributed by atoms with Crippen LogP contribution in [0, 0.1) is 0 Å². The van der Waals surface area contributed by atoms with Crippen molar-refractivity contribution in [1.82, 2.24) is 4.98 Å². The number of thioether (sulfide) groups is 1. The number of benzene rings is 1. The molecule has 2 heterocycles. The second kappa shape index (κ2) is 4.49. The molecule has 0 saturated carbocycles. The molecule has 0 aliphatic carbocycles. The van der Waals surface area contributed by atoms with Gasteiger partial charge in [-0.25, -0.2) is 0 Å². The van der Waals surface area contributed by atoms with Crippen molar-refractivity contribution in [2.24, 2.45) is 0 Å². The van der Waals surface area contributed by atoms with Crippen molar-refractivity contribution in [2.75, 3.05) is 22.6 Å². The van der Waals surface area contributed by atoms with Gasteiger partial charge in [-0.05, 0) is 30.7 Å². The van der Waals surface area contributed by atoms with E-state index >= 15 is 0 Å². The lowest BCUT2D eigenvalue weighted by molar-refractivity contribution is 0.586. The zero-order valence-electron chi connectivity index (χ0n) is 9.48. The molecule has 1 aliphatic rings. The molecule has 3 rings (SSSR count). The van der Waals surface area contributed by atoms with Gasteiger partial charge in [-0.2, -0.15) is 16.7 Å². The molecule has 1 saturated heterocycles. The van der Waals surface area contributed by atoms with Gasteiger partial charge < -0.3 is 15.5 Å². The summed E-state index contributed by atoms with van der Waals surface area (Å²) in [7, 11) is 0. The zero-order valence-corrected chi connectivity index (χ0v) is 10.3. The van der Waals surface area contributed by atoms with E-state index in [0.29, 0.717) is 17.7 Å². The second-order valence-electron chi connectivity index (χ2n) is 4.27. The standard InChI is InChI=1S/C12H15N3OS/c13-9-4-1-5-10-11(9)15-12(16-10)14-8-3-2-6-17-7-8/h1,4-5,8H,2-3,6-7,13H2,(H,14,15). The number of fused-ring (bicyclic) bond motifs is 1. The molecule has 0 spiro atoms. The number of para-hydroxylation sites is 1.